The van der Waals surface area contributed by atoms with E-state index < -0.39 is 39.7 Å². The molecule has 0 spiro atoms. The summed E-state index contributed by atoms with van der Waals surface area (Å²) in [4.78, 5) is 27.7. The molecule has 4 rings (SSSR count). The summed E-state index contributed by atoms with van der Waals surface area (Å²) in [6.07, 6.45) is 0.337. The number of fused-ring (bicyclic) bond motifs is 1. The molecule has 238 valence electrons. The Balaban J connectivity index is 1.55. The lowest BCUT2D eigenvalue weighted by Gasteiger charge is -2.28. The van der Waals surface area contributed by atoms with Crippen LogP contribution < -0.4 is 15.4 Å². The fourth-order valence-electron chi connectivity index (χ4n) is 4.99. The van der Waals surface area contributed by atoms with E-state index in [-0.39, 0.29) is 18.1 Å². The van der Waals surface area contributed by atoms with Gasteiger partial charge in [0.25, 0.3) is 5.91 Å². The van der Waals surface area contributed by atoms with Gasteiger partial charge in [-0.25, -0.2) is 13.1 Å². The van der Waals surface area contributed by atoms with E-state index >= 15 is 0 Å². The lowest BCUT2D eigenvalue weighted by molar-refractivity contribution is -0.123. The van der Waals surface area contributed by atoms with Crippen LogP contribution in [0.15, 0.2) is 102 Å². The second-order valence-electron chi connectivity index (χ2n) is 12.2. The van der Waals surface area contributed by atoms with E-state index in [0.717, 1.165) is 27.5 Å². The fraction of sp³-hybridized carbons (Fsp3) is 0.314. The average Bonchev–Trinajstić information content (AvgIpc) is 2.98. The molecule has 2 amide bonds. The Morgan fingerprint density at radius 2 is 1.49 bits per heavy atom. The number of hydrogen-bond donors (Lipinski definition) is 4. The van der Waals surface area contributed by atoms with Gasteiger partial charge in [-0.2, -0.15) is 0 Å². The molecule has 10 heteroatoms. The van der Waals surface area contributed by atoms with Crippen molar-refractivity contribution >= 4 is 44.4 Å². The minimum atomic E-state index is -3.73. The molecule has 8 nitrogen and oxygen atoms in total. The third kappa shape index (κ3) is 10.7. The molecule has 4 aromatic carbocycles. The molecule has 0 fully saturated rings. The highest BCUT2D eigenvalue weighted by atomic mass is 32.2. The van der Waals surface area contributed by atoms with E-state index in [2.05, 4.69) is 15.4 Å². The molecule has 0 radical (unpaired) electrons. The summed E-state index contributed by atoms with van der Waals surface area (Å²) in [5.74, 6) is -0.661. The van der Waals surface area contributed by atoms with Gasteiger partial charge in [-0.3, -0.25) is 9.59 Å². The number of carbonyl (C=O) groups is 2. The normalized spacial score (nSPS) is 14.0. The highest BCUT2D eigenvalue weighted by Crippen LogP contribution is 2.25. The number of aliphatic hydroxyl groups excluding tert-OH is 1. The van der Waals surface area contributed by atoms with Crippen molar-refractivity contribution in [1.29, 1.82) is 0 Å². The Morgan fingerprint density at radius 3 is 2.18 bits per heavy atom. The Labute approximate surface area is 270 Å². The summed E-state index contributed by atoms with van der Waals surface area (Å²) in [5.41, 5.74) is 1.52. The molecule has 0 saturated carbocycles. The molecule has 3 atom stereocenters. The zero-order valence-electron chi connectivity index (χ0n) is 26.0. The second-order valence-corrected chi connectivity index (χ2v) is 15.1. The van der Waals surface area contributed by atoms with Crippen LogP contribution in [0.4, 0.5) is 0 Å². The van der Waals surface area contributed by atoms with Gasteiger partial charge in [0, 0.05) is 28.2 Å². The molecule has 0 bridgehead atoms. The van der Waals surface area contributed by atoms with Gasteiger partial charge in [0.1, 0.15) is 6.04 Å². The predicted molar refractivity (Wildman–Crippen MR) is 182 cm³/mol. The monoisotopic (exact) mass is 647 g/mol. The summed E-state index contributed by atoms with van der Waals surface area (Å²) >= 11 is 1.37. The van der Waals surface area contributed by atoms with Gasteiger partial charge in [0.2, 0.25) is 15.9 Å². The second kappa shape index (κ2) is 15.1. The van der Waals surface area contributed by atoms with Gasteiger partial charge < -0.3 is 15.7 Å². The maximum absolute atomic E-state index is 13.7. The molecule has 45 heavy (non-hydrogen) atoms. The van der Waals surface area contributed by atoms with Gasteiger partial charge >= 0.3 is 0 Å². The van der Waals surface area contributed by atoms with Gasteiger partial charge in [0.15, 0.2) is 0 Å². The first-order valence-corrected chi connectivity index (χ1v) is 17.7. The summed E-state index contributed by atoms with van der Waals surface area (Å²) in [6.45, 7) is 5.69. The number of rotatable bonds is 13. The van der Waals surface area contributed by atoms with Crippen LogP contribution in [0.25, 0.3) is 10.8 Å². The molecule has 0 unspecified atom stereocenters. The number of benzene rings is 4. The van der Waals surface area contributed by atoms with E-state index in [1.54, 1.807) is 24.3 Å². The third-order valence-corrected chi connectivity index (χ3v) is 8.88. The van der Waals surface area contributed by atoms with Crippen LogP contribution in [0, 0.1) is 0 Å². The van der Waals surface area contributed by atoms with E-state index in [4.69, 9.17) is 0 Å². The van der Waals surface area contributed by atoms with E-state index in [0.29, 0.717) is 17.5 Å². The Bertz CT molecular complexity index is 1720. The van der Waals surface area contributed by atoms with Crippen molar-refractivity contribution in [2.24, 2.45) is 0 Å². The van der Waals surface area contributed by atoms with Crippen LogP contribution in [0.1, 0.15) is 42.3 Å². The number of amides is 2. The van der Waals surface area contributed by atoms with E-state index in [1.165, 1.54) is 11.8 Å². The third-order valence-electron chi connectivity index (χ3n) is 7.08. The Morgan fingerprint density at radius 1 is 0.844 bits per heavy atom. The van der Waals surface area contributed by atoms with Crippen molar-refractivity contribution in [3.63, 3.8) is 0 Å². The molecule has 0 aromatic heterocycles. The maximum Gasteiger partial charge on any atom is 0.251 e. The number of aliphatic hydroxyl groups is 1. The van der Waals surface area contributed by atoms with E-state index in [1.807, 2.05) is 93.6 Å². The maximum atomic E-state index is 13.7. The summed E-state index contributed by atoms with van der Waals surface area (Å²) in [6, 6.07) is 28.5. The van der Waals surface area contributed by atoms with Crippen molar-refractivity contribution in [3.05, 3.63) is 114 Å². The van der Waals surface area contributed by atoms with Crippen LogP contribution in [0.3, 0.4) is 0 Å². The Hall–Kier alpha value is -3.70. The first-order valence-electron chi connectivity index (χ1n) is 14.8. The molecule has 4 aromatic rings. The van der Waals surface area contributed by atoms with Crippen LogP contribution in [0.2, 0.25) is 0 Å². The first kappa shape index (κ1) is 34.2. The molecule has 0 aliphatic heterocycles. The van der Waals surface area contributed by atoms with Crippen molar-refractivity contribution in [1.82, 2.24) is 15.4 Å². The number of hydrogen-bond acceptors (Lipinski definition) is 6. The van der Waals surface area contributed by atoms with Gasteiger partial charge in [-0.05, 0) is 67.3 Å². The lowest BCUT2D eigenvalue weighted by atomic mass is 9.93. The Kier molecular flexibility index (Phi) is 11.4. The summed E-state index contributed by atoms with van der Waals surface area (Å²) < 4.78 is 27.1. The smallest absolute Gasteiger partial charge is 0.251 e. The van der Waals surface area contributed by atoms with Crippen molar-refractivity contribution in [2.75, 3.05) is 12.0 Å². The number of thioether (sulfide) groups is 1. The highest BCUT2D eigenvalue weighted by Gasteiger charge is 2.29. The number of nitrogens with one attached hydrogen (secondary N) is 3. The van der Waals surface area contributed by atoms with Crippen molar-refractivity contribution < 1.29 is 23.1 Å². The number of sulfonamides is 1. The molecule has 0 aliphatic carbocycles. The summed E-state index contributed by atoms with van der Waals surface area (Å²) in [5, 5.41) is 19.6. The van der Waals surface area contributed by atoms with Crippen LogP contribution in [-0.4, -0.2) is 61.1 Å². The molecule has 0 heterocycles. The van der Waals surface area contributed by atoms with Crippen LogP contribution in [-0.2, 0) is 27.7 Å². The average molecular weight is 648 g/mol. The quantitative estimate of drug-likeness (QED) is 0.156. The predicted octanol–water partition coefficient (Wildman–Crippen LogP) is 4.71. The lowest BCUT2D eigenvalue weighted by Crippen LogP contribution is -2.54. The topological polar surface area (TPSA) is 125 Å². The molecular formula is C35H41N3O5S2. The highest BCUT2D eigenvalue weighted by molar-refractivity contribution is 7.99. The minimum Gasteiger partial charge on any atom is -0.391 e. The largest absolute Gasteiger partial charge is 0.391 e. The van der Waals surface area contributed by atoms with E-state index in [9.17, 15) is 23.1 Å². The molecule has 0 aliphatic rings. The molecule has 0 saturated heterocycles. The van der Waals surface area contributed by atoms with Gasteiger partial charge in [0.05, 0.1) is 18.4 Å². The van der Waals surface area contributed by atoms with Crippen LogP contribution >= 0.6 is 11.8 Å². The van der Waals surface area contributed by atoms with Crippen molar-refractivity contribution in [3.8, 4) is 0 Å². The van der Waals surface area contributed by atoms with Gasteiger partial charge in [-0.1, -0.05) is 78.9 Å². The van der Waals surface area contributed by atoms with Gasteiger partial charge in [-0.15, -0.1) is 11.8 Å². The molecule has 4 N–H and O–H groups in total. The SMILES string of the molecule is CC(C)(C)NC(=O)c1ccccc1C[C@@H](O)[C@H](Cc1ccccc1)NC(=O)[C@H](CSc1ccc2ccccc2c1)NS(C)(=O)=O. The van der Waals surface area contributed by atoms with Crippen LogP contribution in [0.5, 0.6) is 0 Å². The zero-order chi connectivity index (χ0) is 32.6. The fourth-order valence-corrected chi connectivity index (χ4v) is 6.77. The zero-order valence-corrected chi connectivity index (χ0v) is 27.6. The van der Waals surface area contributed by atoms with Crippen molar-refractivity contribution in [2.45, 2.75) is 62.2 Å². The summed E-state index contributed by atoms with van der Waals surface area (Å²) in [7, 11) is -3.73. The standard InChI is InChI=1S/C35H41N3O5S2/c1-35(2,3)37-33(40)29-17-11-10-16-27(29)22-32(39)30(20-24-12-6-5-7-13-24)36-34(41)31(38-45(4,42)43)23-44-28-19-18-25-14-8-9-15-26(25)21-28/h5-19,21,30-32,38-39H,20,22-23H2,1-4H3,(H,36,41)(H,37,40)/t30-,31-,32+/m0/s1. The molecular weight excluding hydrogens is 607 g/mol. The number of carbonyl (C=O) groups excluding carboxylic acids is 2. The first-order chi connectivity index (χ1) is 21.3. The minimum absolute atomic E-state index is 0.0987.